The molecular weight excluding hydrogens is 348 g/mol. The van der Waals surface area contributed by atoms with Crippen molar-refractivity contribution in [2.75, 3.05) is 20.6 Å². The summed E-state index contributed by atoms with van der Waals surface area (Å²) in [6.07, 6.45) is 6.53. The van der Waals surface area contributed by atoms with E-state index < -0.39 is 0 Å². The van der Waals surface area contributed by atoms with Gasteiger partial charge in [-0.1, -0.05) is 12.8 Å². The van der Waals surface area contributed by atoms with Crippen molar-refractivity contribution in [3.63, 3.8) is 0 Å². The van der Waals surface area contributed by atoms with Crippen LogP contribution in [0.5, 0.6) is 0 Å². The van der Waals surface area contributed by atoms with Crippen molar-refractivity contribution >= 4 is 27.5 Å². The zero-order chi connectivity index (χ0) is 18.9. The number of fused-ring (bicyclic) bond motifs is 1. The number of thiophene rings is 1. The molecule has 1 fully saturated rings. The highest BCUT2D eigenvalue weighted by molar-refractivity contribution is 7.18. The van der Waals surface area contributed by atoms with Crippen LogP contribution in [-0.2, 0) is 11.3 Å². The molecule has 1 aliphatic rings. The van der Waals surface area contributed by atoms with Crippen LogP contribution in [0.2, 0.25) is 0 Å². The molecule has 1 saturated carbocycles. The largest absolute Gasteiger partial charge is 0.354 e. The topological polar surface area (TPSA) is 67.2 Å². The second kappa shape index (κ2) is 7.48. The fourth-order valence-corrected chi connectivity index (χ4v) is 4.81. The zero-order valence-electron chi connectivity index (χ0n) is 16.1. The SMILES string of the molecule is Cc1sc2ncn(CCC(=O)NCC3(N(C)C)CCCC3)c(=O)c2c1C. The summed E-state index contributed by atoms with van der Waals surface area (Å²) in [5.74, 6) is -0.0108. The first-order valence-electron chi connectivity index (χ1n) is 9.23. The van der Waals surface area contributed by atoms with E-state index in [0.29, 0.717) is 24.9 Å². The van der Waals surface area contributed by atoms with Crippen LogP contribution in [0.25, 0.3) is 10.2 Å². The Labute approximate surface area is 158 Å². The summed E-state index contributed by atoms with van der Waals surface area (Å²) in [7, 11) is 4.17. The monoisotopic (exact) mass is 376 g/mol. The van der Waals surface area contributed by atoms with Crippen LogP contribution in [0.3, 0.4) is 0 Å². The molecule has 7 heteroatoms. The first-order valence-corrected chi connectivity index (χ1v) is 10.0. The highest BCUT2D eigenvalue weighted by atomic mass is 32.1. The van der Waals surface area contributed by atoms with E-state index in [1.54, 1.807) is 22.2 Å². The Hall–Kier alpha value is -1.73. The first kappa shape index (κ1) is 19.0. The number of likely N-dealkylation sites (N-methyl/N-ethyl adjacent to an activating group) is 1. The second-order valence-corrected chi connectivity index (χ2v) is 8.76. The number of aryl methyl sites for hydroxylation is 3. The summed E-state index contributed by atoms with van der Waals surface area (Å²) in [5.41, 5.74) is 1.03. The maximum Gasteiger partial charge on any atom is 0.262 e. The second-order valence-electron chi connectivity index (χ2n) is 7.56. The predicted octanol–water partition coefficient (Wildman–Crippen LogP) is 2.46. The molecule has 6 nitrogen and oxygen atoms in total. The summed E-state index contributed by atoms with van der Waals surface area (Å²) in [4.78, 5) is 33.5. The minimum absolute atomic E-state index is 0.0108. The average molecular weight is 377 g/mol. The van der Waals surface area contributed by atoms with Gasteiger partial charge in [0, 0.05) is 29.9 Å². The van der Waals surface area contributed by atoms with E-state index in [-0.39, 0.29) is 17.0 Å². The van der Waals surface area contributed by atoms with Crippen molar-refractivity contribution in [1.29, 1.82) is 0 Å². The standard InChI is InChI=1S/C19H28N4O2S/c1-13-14(2)26-17-16(13)18(25)23(12-21-17)10-7-15(24)20-11-19(22(3)4)8-5-6-9-19/h12H,5-11H2,1-4H3,(H,20,24). The molecule has 0 unspecified atom stereocenters. The van der Waals surface area contributed by atoms with Crippen LogP contribution in [0.1, 0.15) is 42.5 Å². The highest BCUT2D eigenvalue weighted by Gasteiger charge is 2.36. The Morgan fingerprint density at radius 2 is 2.04 bits per heavy atom. The lowest BCUT2D eigenvalue weighted by Crippen LogP contribution is -2.50. The van der Waals surface area contributed by atoms with Crippen molar-refractivity contribution < 1.29 is 4.79 Å². The molecule has 0 radical (unpaired) electrons. The lowest BCUT2D eigenvalue weighted by atomic mass is 9.96. The molecule has 2 aromatic heterocycles. The number of hydrogen-bond donors (Lipinski definition) is 1. The van der Waals surface area contributed by atoms with Crippen LogP contribution >= 0.6 is 11.3 Å². The third-order valence-electron chi connectivity index (χ3n) is 5.83. The number of hydrogen-bond acceptors (Lipinski definition) is 5. The fourth-order valence-electron chi connectivity index (χ4n) is 3.82. The molecule has 0 aromatic carbocycles. The molecule has 142 valence electrons. The zero-order valence-corrected chi connectivity index (χ0v) is 16.9. The predicted molar refractivity (Wildman–Crippen MR) is 106 cm³/mol. The summed E-state index contributed by atoms with van der Waals surface area (Å²) in [5, 5.41) is 3.76. The average Bonchev–Trinajstić information content (AvgIpc) is 3.19. The fraction of sp³-hybridized carbons (Fsp3) is 0.632. The minimum atomic E-state index is -0.0507. The van der Waals surface area contributed by atoms with Crippen molar-refractivity contribution in [3.05, 3.63) is 27.1 Å². The van der Waals surface area contributed by atoms with Crippen LogP contribution in [0.4, 0.5) is 0 Å². The molecule has 0 aliphatic heterocycles. The minimum Gasteiger partial charge on any atom is -0.354 e. The van der Waals surface area contributed by atoms with Gasteiger partial charge in [-0.2, -0.15) is 0 Å². The van der Waals surface area contributed by atoms with Gasteiger partial charge in [0.05, 0.1) is 11.7 Å². The van der Waals surface area contributed by atoms with Gasteiger partial charge in [0.25, 0.3) is 5.56 Å². The molecule has 0 atom stereocenters. The van der Waals surface area contributed by atoms with Crippen LogP contribution < -0.4 is 10.9 Å². The maximum atomic E-state index is 12.7. The number of nitrogens with zero attached hydrogens (tertiary/aromatic N) is 3. The molecule has 0 saturated heterocycles. The smallest absolute Gasteiger partial charge is 0.262 e. The van der Waals surface area contributed by atoms with E-state index in [9.17, 15) is 9.59 Å². The number of rotatable bonds is 6. The number of carbonyl (C=O) groups is 1. The summed E-state index contributed by atoms with van der Waals surface area (Å²) < 4.78 is 1.55. The van der Waals surface area contributed by atoms with E-state index in [0.717, 1.165) is 28.1 Å². The molecule has 0 bridgehead atoms. The van der Waals surface area contributed by atoms with Gasteiger partial charge in [-0.15, -0.1) is 11.3 Å². The van der Waals surface area contributed by atoms with Gasteiger partial charge in [-0.3, -0.25) is 14.2 Å². The molecule has 2 aromatic rings. The Morgan fingerprint density at radius 3 is 2.69 bits per heavy atom. The third-order valence-corrected chi connectivity index (χ3v) is 6.95. The van der Waals surface area contributed by atoms with Gasteiger partial charge in [0.15, 0.2) is 0 Å². The quantitative estimate of drug-likeness (QED) is 0.841. The summed E-state index contributed by atoms with van der Waals surface area (Å²) >= 11 is 1.54. The van der Waals surface area contributed by atoms with E-state index in [2.05, 4.69) is 29.3 Å². The van der Waals surface area contributed by atoms with Gasteiger partial charge in [-0.25, -0.2) is 4.98 Å². The first-order chi connectivity index (χ1) is 12.3. The maximum absolute atomic E-state index is 12.7. The van der Waals surface area contributed by atoms with Crippen LogP contribution in [-0.4, -0.2) is 46.5 Å². The van der Waals surface area contributed by atoms with Crippen molar-refractivity contribution in [1.82, 2.24) is 19.8 Å². The van der Waals surface area contributed by atoms with E-state index >= 15 is 0 Å². The molecular formula is C19H28N4O2S. The lowest BCUT2D eigenvalue weighted by molar-refractivity contribution is -0.121. The van der Waals surface area contributed by atoms with Gasteiger partial charge in [-0.05, 0) is 46.3 Å². The molecule has 26 heavy (non-hydrogen) atoms. The van der Waals surface area contributed by atoms with Crippen molar-refractivity contribution in [2.45, 2.75) is 58.0 Å². The number of nitrogens with one attached hydrogen (secondary N) is 1. The summed E-state index contributed by atoms with van der Waals surface area (Å²) in [6.45, 7) is 4.99. The van der Waals surface area contributed by atoms with E-state index in [1.165, 1.54) is 12.8 Å². The molecule has 1 amide bonds. The number of carbonyl (C=O) groups excluding carboxylic acids is 1. The van der Waals surface area contributed by atoms with Gasteiger partial charge < -0.3 is 10.2 Å². The van der Waals surface area contributed by atoms with Gasteiger partial charge in [0.2, 0.25) is 5.91 Å². The highest BCUT2D eigenvalue weighted by Crippen LogP contribution is 2.33. The normalized spacial score (nSPS) is 16.5. The Bertz CT molecular complexity index is 862. The molecule has 1 aliphatic carbocycles. The van der Waals surface area contributed by atoms with Crippen molar-refractivity contribution in [2.24, 2.45) is 0 Å². The van der Waals surface area contributed by atoms with Crippen LogP contribution in [0, 0.1) is 13.8 Å². The Kier molecular flexibility index (Phi) is 5.48. The Balaban J connectivity index is 1.63. The summed E-state index contributed by atoms with van der Waals surface area (Å²) in [6, 6.07) is 0. The van der Waals surface area contributed by atoms with E-state index in [4.69, 9.17) is 0 Å². The number of amides is 1. The molecule has 3 rings (SSSR count). The third kappa shape index (κ3) is 3.55. The lowest BCUT2D eigenvalue weighted by Gasteiger charge is -2.36. The van der Waals surface area contributed by atoms with Crippen molar-refractivity contribution in [3.8, 4) is 0 Å². The molecule has 2 heterocycles. The Morgan fingerprint density at radius 1 is 1.35 bits per heavy atom. The number of aromatic nitrogens is 2. The molecule has 0 spiro atoms. The van der Waals surface area contributed by atoms with E-state index in [1.807, 2.05) is 13.8 Å². The van der Waals surface area contributed by atoms with Gasteiger partial charge >= 0.3 is 0 Å². The van der Waals surface area contributed by atoms with Gasteiger partial charge in [0.1, 0.15) is 4.83 Å². The van der Waals surface area contributed by atoms with Crippen LogP contribution in [0.15, 0.2) is 11.1 Å². The molecule has 1 N–H and O–H groups in total.